The van der Waals surface area contributed by atoms with Gasteiger partial charge in [0.1, 0.15) is 6.04 Å². The predicted molar refractivity (Wildman–Crippen MR) is 121 cm³/mol. The van der Waals surface area contributed by atoms with Crippen LogP contribution in [0.1, 0.15) is 65.5 Å². The van der Waals surface area contributed by atoms with Gasteiger partial charge in [-0.15, -0.1) is 0 Å². The maximum Gasteiger partial charge on any atom is 0.328 e. The van der Waals surface area contributed by atoms with Crippen LogP contribution in [0.3, 0.4) is 0 Å². The zero-order valence-electron chi connectivity index (χ0n) is 19.3. The molecule has 0 saturated carbocycles. The number of esters is 2. The van der Waals surface area contributed by atoms with Crippen molar-refractivity contribution in [2.24, 2.45) is 17.1 Å². The molecule has 0 saturated heterocycles. The van der Waals surface area contributed by atoms with Gasteiger partial charge in [0.15, 0.2) is 11.5 Å². The molecular formula is C25H35NO4. The van der Waals surface area contributed by atoms with Crippen molar-refractivity contribution in [2.45, 2.75) is 73.8 Å². The summed E-state index contributed by atoms with van der Waals surface area (Å²) < 4.78 is 11.5. The van der Waals surface area contributed by atoms with Gasteiger partial charge in [-0.25, -0.2) is 4.79 Å². The summed E-state index contributed by atoms with van der Waals surface area (Å²) in [4.78, 5) is 24.8. The van der Waals surface area contributed by atoms with Gasteiger partial charge < -0.3 is 15.2 Å². The van der Waals surface area contributed by atoms with E-state index in [1.165, 1.54) is 6.92 Å². The second-order valence-corrected chi connectivity index (χ2v) is 9.29. The predicted octanol–water partition coefficient (Wildman–Crippen LogP) is 5.33. The molecule has 2 atom stereocenters. The summed E-state index contributed by atoms with van der Waals surface area (Å²) in [6, 6.07) is 6.94. The Kier molecular flexibility index (Phi) is 7.64. The number of fused-ring (bicyclic) bond motifs is 1. The van der Waals surface area contributed by atoms with Crippen molar-refractivity contribution < 1.29 is 19.1 Å². The standard InChI is InChI=1S/C25H35NO4/c1-8-15(2)21(26)24(28)30-23-20-12-10-9-11-18(20)16(3)19(13-14-25(5,6)7)22(23)29-17(4)27/h9-12,15,21H,8,13-14,26H2,1-7H3. The first kappa shape index (κ1) is 23.9. The van der Waals surface area contributed by atoms with Crippen LogP contribution < -0.4 is 15.2 Å². The lowest BCUT2D eigenvalue weighted by atomic mass is 9.86. The number of rotatable bonds is 7. The van der Waals surface area contributed by atoms with Crippen LogP contribution in [-0.2, 0) is 16.0 Å². The largest absolute Gasteiger partial charge is 0.422 e. The van der Waals surface area contributed by atoms with Gasteiger partial charge in [-0.3, -0.25) is 4.79 Å². The van der Waals surface area contributed by atoms with E-state index in [0.717, 1.165) is 34.7 Å². The van der Waals surface area contributed by atoms with E-state index in [4.69, 9.17) is 15.2 Å². The van der Waals surface area contributed by atoms with Crippen LogP contribution in [0, 0.1) is 18.3 Å². The quantitative estimate of drug-likeness (QED) is 0.490. The molecule has 5 nitrogen and oxygen atoms in total. The minimum atomic E-state index is -0.752. The molecule has 0 heterocycles. The maximum atomic E-state index is 12.8. The van der Waals surface area contributed by atoms with Crippen LogP contribution in [-0.4, -0.2) is 18.0 Å². The molecule has 0 radical (unpaired) electrons. The number of carbonyl (C=O) groups is 2. The molecule has 0 aromatic heterocycles. The van der Waals surface area contributed by atoms with Gasteiger partial charge in [0, 0.05) is 17.9 Å². The van der Waals surface area contributed by atoms with Crippen LogP contribution in [0.2, 0.25) is 0 Å². The Labute approximate surface area is 179 Å². The highest BCUT2D eigenvalue weighted by Gasteiger charge is 2.27. The summed E-state index contributed by atoms with van der Waals surface area (Å²) in [6.45, 7) is 13.8. The minimum Gasteiger partial charge on any atom is -0.422 e. The highest BCUT2D eigenvalue weighted by atomic mass is 16.6. The first-order chi connectivity index (χ1) is 14.0. The van der Waals surface area contributed by atoms with E-state index in [0.29, 0.717) is 12.2 Å². The SMILES string of the molecule is CCC(C)C(N)C(=O)Oc1c(OC(C)=O)c(CCC(C)(C)C)c(C)c2ccccc12. The second kappa shape index (κ2) is 9.61. The average molecular weight is 414 g/mol. The average Bonchev–Trinajstić information content (AvgIpc) is 2.68. The fraction of sp³-hybridized carbons (Fsp3) is 0.520. The Bertz CT molecular complexity index is 927. The lowest BCUT2D eigenvalue weighted by Crippen LogP contribution is -2.39. The summed E-state index contributed by atoms with van der Waals surface area (Å²) in [6.07, 6.45) is 2.35. The molecule has 2 N–H and O–H groups in total. The van der Waals surface area contributed by atoms with Gasteiger partial charge in [0.25, 0.3) is 0 Å². The van der Waals surface area contributed by atoms with Crippen LogP contribution in [0.25, 0.3) is 10.8 Å². The number of hydrogen-bond acceptors (Lipinski definition) is 5. The summed E-state index contributed by atoms with van der Waals surface area (Å²) in [5.41, 5.74) is 8.13. The van der Waals surface area contributed by atoms with E-state index in [2.05, 4.69) is 20.8 Å². The van der Waals surface area contributed by atoms with Gasteiger partial charge in [-0.05, 0) is 42.0 Å². The molecule has 2 unspecified atom stereocenters. The van der Waals surface area contributed by atoms with E-state index < -0.39 is 18.0 Å². The Hall–Kier alpha value is -2.40. The van der Waals surface area contributed by atoms with Gasteiger partial charge >= 0.3 is 11.9 Å². The molecular weight excluding hydrogens is 378 g/mol. The first-order valence-corrected chi connectivity index (χ1v) is 10.7. The van der Waals surface area contributed by atoms with Gasteiger partial charge in [0.2, 0.25) is 0 Å². The number of benzene rings is 2. The Morgan fingerprint density at radius 3 is 2.20 bits per heavy atom. The molecule has 0 aliphatic carbocycles. The van der Waals surface area contributed by atoms with E-state index >= 15 is 0 Å². The second-order valence-electron chi connectivity index (χ2n) is 9.29. The fourth-order valence-electron chi connectivity index (χ4n) is 3.41. The molecule has 0 aliphatic heterocycles. The molecule has 5 heteroatoms. The smallest absolute Gasteiger partial charge is 0.328 e. The molecule has 30 heavy (non-hydrogen) atoms. The number of aryl methyl sites for hydroxylation is 1. The number of nitrogens with two attached hydrogens (primary N) is 1. The van der Waals surface area contributed by atoms with Crippen LogP contribution in [0.5, 0.6) is 11.5 Å². The first-order valence-electron chi connectivity index (χ1n) is 10.7. The number of ether oxygens (including phenoxy) is 2. The Morgan fingerprint density at radius 1 is 1.07 bits per heavy atom. The maximum absolute atomic E-state index is 12.8. The zero-order chi connectivity index (χ0) is 22.6. The number of hydrogen-bond donors (Lipinski definition) is 1. The van der Waals surface area contributed by atoms with Gasteiger partial charge in [0.05, 0.1) is 0 Å². The third-order valence-corrected chi connectivity index (χ3v) is 5.61. The lowest BCUT2D eigenvalue weighted by molar-refractivity contribution is -0.138. The van der Waals surface area contributed by atoms with Crippen molar-refractivity contribution in [3.05, 3.63) is 35.4 Å². The molecule has 2 aromatic rings. The van der Waals surface area contributed by atoms with Crippen molar-refractivity contribution in [3.8, 4) is 11.5 Å². The molecule has 0 amide bonds. The third kappa shape index (κ3) is 5.60. The van der Waals surface area contributed by atoms with Crippen molar-refractivity contribution in [2.75, 3.05) is 0 Å². The molecule has 0 bridgehead atoms. The zero-order valence-corrected chi connectivity index (χ0v) is 19.3. The minimum absolute atomic E-state index is 0.0215. The summed E-state index contributed by atoms with van der Waals surface area (Å²) in [7, 11) is 0. The Morgan fingerprint density at radius 2 is 1.67 bits per heavy atom. The van der Waals surface area contributed by atoms with Gasteiger partial charge in [-0.2, -0.15) is 0 Å². The summed E-state index contributed by atoms with van der Waals surface area (Å²) in [5.74, 6) is -0.391. The van der Waals surface area contributed by atoms with Crippen molar-refractivity contribution in [1.82, 2.24) is 0 Å². The molecule has 0 fully saturated rings. The highest BCUT2D eigenvalue weighted by Crippen LogP contribution is 2.43. The fourth-order valence-corrected chi connectivity index (χ4v) is 3.41. The van der Waals surface area contributed by atoms with Crippen molar-refractivity contribution in [3.63, 3.8) is 0 Å². The van der Waals surface area contributed by atoms with Crippen LogP contribution in [0.15, 0.2) is 24.3 Å². The highest BCUT2D eigenvalue weighted by molar-refractivity contribution is 5.97. The monoisotopic (exact) mass is 413 g/mol. The number of carbonyl (C=O) groups excluding carboxylic acids is 2. The molecule has 2 rings (SSSR count). The van der Waals surface area contributed by atoms with Crippen LogP contribution in [0.4, 0.5) is 0 Å². The summed E-state index contributed by atoms with van der Waals surface area (Å²) >= 11 is 0. The van der Waals surface area contributed by atoms with E-state index in [9.17, 15) is 9.59 Å². The van der Waals surface area contributed by atoms with E-state index in [1.807, 2.05) is 45.0 Å². The van der Waals surface area contributed by atoms with Crippen molar-refractivity contribution in [1.29, 1.82) is 0 Å². The lowest BCUT2D eigenvalue weighted by Gasteiger charge is -2.24. The normalized spacial score (nSPS) is 13.7. The summed E-state index contributed by atoms with van der Waals surface area (Å²) in [5, 5.41) is 1.70. The molecule has 164 valence electrons. The van der Waals surface area contributed by atoms with Crippen LogP contribution >= 0.6 is 0 Å². The van der Waals surface area contributed by atoms with Gasteiger partial charge in [-0.1, -0.05) is 65.3 Å². The third-order valence-electron chi connectivity index (χ3n) is 5.61. The molecule has 0 spiro atoms. The molecule has 2 aromatic carbocycles. The van der Waals surface area contributed by atoms with Crippen molar-refractivity contribution >= 4 is 22.7 Å². The van der Waals surface area contributed by atoms with E-state index in [1.54, 1.807) is 0 Å². The topological polar surface area (TPSA) is 78.6 Å². The molecule has 0 aliphatic rings. The van der Waals surface area contributed by atoms with E-state index in [-0.39, 0.29) is 17.1 Å². The Balaban J connectivity index is 2.69.